The quantitative estimate of drug-likeness (QED) is 0.707. The molecular formula is C6H13F2NOS. The number of rotatable bonds is 3. The van der Waals surface area contributed by atoms with Gasteiger partial charge >= 0.3 is 0 Å². The van der Waals surface area contributed by atoms with Gasteiger partial charge in [0.25, 0.3) is 5.92 Å². The monoisotopic (exact) mass is 185 g/mol. The van der Waals surface area contributed by atoms with Gasteiger partial charge in [-0.15, -0.1) is 0 Å². The van der Waals surface area contributed by atoms with Crippen molar-refractivity contribution < 1.29 is 13.0 Å². The second kappa shape index (κ2) is 3.15. The molecule has 0 saturated heterocycles. The van der Waals surface area contributed by atoms with Crippen molar-refractivity contribution in [3.63, 3.8) is 0 Å². The van der Waals surface area contributed by atoms with Gasteiger partial charge in [0, 0.05) is 11.2 Å². The molecule has 0 aliphatic carbocycles. The minimum absolute atomic E-state index is 0.184. The molecule has 0 amide bonds. The molecule has 0 aromatic heterocycles. The molecule has 68 valence electrons. The van der Waals surface area contributed by atoms with Crippen molar-refractivity contribution in [1.82, 2.24) is 0 Å². The smallest absolute Gasteiger partial charge is 0.251 e. The van der Waals surface area contributed by atoms with E-state index >= 15 is 0 Å². The van der Waals surface area contributed by atoms with Gasteiger partial charge in [0.1, 0.15) is 0 Å². The van der Waals surface area contributed by atoms with Gasteiger partial charge in [0.05, 0.1) is 11.0 Å². The Kier molecular flexibility index (Phi) is 3.14. The first-order chi connectivity index (χ1) is 4.67. The molecule has 0 spiro atoms. The molecule has 0 aromatic rings. The van der Waals surface area contributed by atoms with E-state index in [0.717, 1.165) is 6.92 Å². The SMILES string of the molecule is CC(F)(F)C(C)(C)CS(N)=O. The molecule has 2 N–H and O–H groups in total. The van der Waals surface area contributed by atoms with Crippen LogP contribution >= 0.6 is 0 Å². The summed E-state index contributed by atoms with van der Waals surface area (Å²) < 4.78 is 35.8. The number of halogens is 2. The van der Waals surface area contributed by atoms with Gasteiger partial charge in [-0.25, -0.2) is 13.0 Å². The maximum absolute atomic E-state index is 12.7. The van der Waals surface area contributed by atoms with Crippen molar-refractivity contribution in [2.75, 3.05) is 5.75 Å². The van der Waals surface area contributed by atoms with E-state index in [1.165, 1.54) is 13.8 Å². The molecule has 5 heteroatoms. The second-order valence-electron chi connectivity index (χ2n) is 3.30. The Bertz CT molecular complexity index is 164. The van der Waals surface area contributed by atoms with E-state index in [0.29, 0.717) is 0 Å². The highest BCUT2D eigenvalue weighted by Crippen LogP contribution is 2.35. The van der Waals surface area contributed by atoms with Crippen molar-refractivity contribution in [3.05, 3.63) is 0 Å². The fourth-order valence-corrected chi connectivity index (χ4v) is 1.45. The molecule has 0 aliphatic rings. The predicted molar refractivity (Wildman–Crippen MR) is 41.6 cm³/mol. The first-order valence-electron chi connectivity index (χ1n) is 3.17. The maximum Gasteiger partial charge on any atom is 0.251 e. The topological polar surface area (TPSA) is 43.1 Å². The number of hydrogen-bond acceptors (Lipinski definition) is 1. The first-order valence-corrected chi connectivity index (χ1v) is 4.55. The molecule has 0 heterocycles. The van der Waals surface area contributed by atoms with Crippen molar-refractivity contribution in [3.8, 4) is 0 Å². The fraction of sp³-hybridized carbons (Fsp3) is 1.00. The van der Waals surface area contributed by atoms with Gasteiger partial charge in [-0.2, -0.15) is 0 Å². The van der Waals surface area contributed by atoms with Crippen LogP contribution in [0, 0.1) is 5.41 Å². The molecule has 1 unspecified atom stereocenters. The summed E-state index contributed by atoms with van der Waals surface area (Å²) in [5.74, 6) is -3.03. The van der Waals surface area contributed by atoms with Crippen LogP contribution in [0.2, 0.25) is 0 Å². The Balaban J connectivity index is 4.34. The minimum atomic E-state index is -2.85. The lowest BCUT2D eigenvalue weighted by Gasteiger charge is -2.29. The molecule has 0 fully saturated rings. The van der Waals surface area contributed by atoms with Crippen molar-refractivity contribution >= 4 is 11.0 Å². The third-order valence-electron chi connectivity index (χ3n) is 1.69. The normalized spacial score (nSPS) is 16.5. The van der Waals surface area contributed by atoms with Crippen LogP contribution in [0.1, 0.15) is 20.8 Å². The summed E-state index contributed by atoms with van der Waals surface area (Å²) in [4.78, 5) is 0. The Labute approximate surface area is 67.7 Å². The molecule has 11 heavy (non-hydrogen) atoms. The third-order valence-corrected chi connectivity index (χ3v) is 2.70. The van der Waals surface area contributed by atoms with Crippen molar-refractivity contribution in [1.29, 1.82) is 0 Å². The zero-order valence-electron chi connectivity index (χ0n) is 6.86. The first kappa shape index (κ1) is 11.0. The Morgan fingerprint density at radius 3 is 1.82 bits per heavy atom. The van der Waals surface area contributed by atoms with Gasteiger partial charge in [0.15, 0.2) is 0 Å². The molecule has 0 saturated carbocycles. The van der Waals surface area contributed by atoms with E-state index in [-0.39, 0.29) is 5.75 Å². The van der Waals surface area contributed by atoms with Crippen LogP contribution in [0.3, 0.4) is 0 Å². The molecule has 0 radical (unpaired) electrons. The number of alkyl halides is 2. The van der Waals surface area contributed by atoms with Crippen LogP contribution in [0.5, 0.6) is 0 Å². The predicted octanol–water partition coefficient (Wildman–Crippen LogP) is 1.29. The summed E-state index contributed by atoms with van der Waals surface area (Å²) >= 11 is 0. The lowest BCUT2D eigenvalue weighted by molar-refractivity contribution is -0.0763. The minimum Gasteiger partial charge on any atom is -0.252 e. The van der Waals surface area contributed by atoms with E-state index in [1.54, 1.807) is 0 Å². The summed E-state index contributed by atoms with van der Waals surface area (Å²) in [5, 5.41) is 4.91. The Morgan fingerprint density at radius 1 is 1.36 bits per heavy atom. The van der Waals surface area contributed by atoms with Gasteiger partial charge in [-0.1, -0.05) is 13.8 Å². The average molecular weight is 185 g/mol. The standard InChI is InChI=1S/C6H13F2NOS/c1-5(2,4-11(9)10)6(3,7)8/h4,9H2,1-3H3. The fourth-order valence-electron chi connectivity index (χ4n) is 0.482. The van der Waals surface area contributed by atoms with Crippen LogP contribution in [0.4, 0.5) is 8.78 Å². The summed E-state index contributed by atoms with van der Waals surface area (Å²) in [6.45, 7) is 3.50. The highest BCUT2D eigenvalue weighted by Gasteiger charge is 2.42. The zero-order valence-corrected chi connectivity index (χ0v) is 7.67. The number of nitrogens with two attached hydrogens (primary N) is 1. The van der Waals surface area contributed by atoms with E-state index in [1.807, 2.05) is 0 Å². The summed E-state index contributed by atoms with van der Waals surface area (Å²) in [7, 11) is -1.66. The summed E-state index contributed by atoms with van der Waals surface area (Å²) in [6, 6.07) is 0. The van der Waals surface area contributed by atoms with Crippen LogP contribution in [-0.4, -0.2) is 15.9 Å². The van der Waals surface area contributed by atoms with Crippen molar-refractivity contribution in [2.24, 2.45) is 10.6 Å². The zero-order chi connectivity index (χ0) is 9.28. The lowest BCUT2D eigenvalue weighted by atomic mass is 9.89. The molecule has 2 nitrogen and oxygen atoms in total. The largest absolute Gasteiger partial charge is 0.252 e. The van der Waals surface area contributed by atoms with Crippen LogP contribution in [-0.2, 0) is 11.0 Å². The molecular weight excluding hydrogens is 172 g/mol. The molecule has 1 atom stereocenters. The average Bonchev–Trinajstić information content (AvgIpc) is 1.56. The lowest BCUT2D eigenvalue weighted by Crippen LogP contribution is -2.39. The van der Waals surface area contributed by atoms with E-state index < -0.39 is 22.3 Å². The van der Waals surface area contributed by atoms with Crippen LogP contribution < -0.4 is 5.14 Å². The third kappa shape index (κ3) is 3.25. The van der Waals surface area contributed by atoms with Crippen LogP contribution in [0.15, 0.2) is 0 Å². The number of hydrogen-bond donors (Lipinski definition) is 1. The Hall–Kier alpha value is -0.0300. The van der Waals surface area contributed by atoms with Gasteiger partial charge in [0.2, 0.25) is 0 Å². The van der Waals surface area contributed by atoms with E-state index in [4.69, 9.17) is 5.14 Å². The maximum atomic E-state index is 12.7. The van der Waals surface area contributed by atoms with Crippen molar-refractivity contribution in [2.45, 2.75) is 26.7 Å². The summed E-state index contributed by atoms with van der Waals surface area (Å²) in [5.41, 5.74) is -1.30. The molecule has 0 aliphatic heterocycles. The molecule has 0 bridgehead atoms. The highest BCUT2D eigenvalue weighted by molar-refractivity contribution is 7.82. The molecule has 0 rings (SSSR count). The second-order valence-corrected chi connectivity index (χ2v) is 4.35. The van der Waals surface area contributed by atoms with Gasteiger partial charge < -0.3 is 0 Å². The van der Waals surface area contributed by atoms with E-state index in [2.05, 4.69) is 0 Å². The highest BCUT2D eigenvalue weighted by atomic mass is 32.2. The Morgan fingerprint density at radius 2 is 1.73 bits per heavy atom. The molecule has 0 aromatic carbocycles. The van der Waals surface area contributed by atoms with Gasteiger partial charge in [-0.05, 0) is 6.92 Å². The van der Waals surface area contributed by atoms with Crippen LogP contribution in [0.25, 0.3) is 0 Å². The summed E-state index contributed by atoms with van der Waals surface area (Å²) in [6.07, 6.45) is 0. The van der Waals surface area contributed by atoms with E-state index in [9.17, 15) is 13.0 Å². The van der Waals surface area contributed by atoms with Gasteiger partial charge in [-0.3, -0.25) is 5.14 Å².